The van der Waals surface area contributed by atoms with Crippen LogP contribution in [0.25, 0.3) is 0 Å². The summed E-state index contributed by atoms with van der Waals surface area (Å²) in [7, 11) is 0. The largest absolute Gasteiger partial charge is 0.493 e. The molecule has 90 valence electrons. The molecule has 0 aromatic heterocycles. The van der Waals surface area contributed by atoms with Crippen molar-refractivity contribution in [2.24, 2.45) is 0 Å². The summed E-state index contributed by atoms with van der Waals surface area (Å²) in [6.07, 6.45) is 0.835. The second kappa shape index (κ2) is 7.82. The Kier molecular flexibility index (Phi) is 6.69. The van der Waals surface area contributed by atoms with Gasteiger partial charge in [-0.3, -0.25) is 0 Å². The van der Waals surface area contributed by atoms with Gasteiger partial charge in [0.15, 0.2) is 0 Å². The summed E-state index contributed by atoms with van der Waals surface area (Å²) in [6.45, 7) is 3.03. The van der Waals surface area contributed by atoms with E-state index in [1.54, 1.807) is 11.8 Å². The zero-order chi connectivity index (χ0) is 11.8. The van der Waals surface area contributed by atoms with E-state index in [-0.39, 0.29) is 6.61 Å². The van der Waals surface area contributed by atoms with Crippen molar-refractivity contribution >= 4 is 23.4 Å². The monoisotopic (exact) mass is 260 g/mol. The number of hydrogen-bond acceptors (Lipinski definition) is 3. The summed E-state index contributed by atoms with van der Waals surface area (Å²) in [4.78, 5) is 0. The van der Waals surface area contributed by atoms with Gasteiger partial charge in [-0.25, -0.2) is 0 Å². The number of thioether (sulfide) groups is 1. The van der Waals surface area contributed by atoms with Crippen molar-refractivity contribution in [3.63, 3.8) is 0 Å². The highest BCUT2D eigenvalue weighted by atomic mass is 35.5. The van der Waals surface area contributed by atoms with Crippen LogP contribution >= 0.6 is 23.4 Å². The lowest BCUT2D eigenvalue weighted by atomic mass is 10.3. The maximum Gasteiger partial charge on any atom is 0.120 e. The fourth-order valence-corrected chi connectivity index (χ4v) is 2.27. The van der Waals surface area contributed by atoms with Crippen molar-refractivity contribution in [1.82, 2.24) is 0 Å². The van der Waals surface area contributed by atoms with E-state index >= 15 is 0 Å². The van der Waals surface area contributed by atoms with E-state index < -0.39 is 0 Å². The molecule has 0 saturated heterocycles. The van der Waals surface area contributed by atoms with Gasteiger partial charge in [-0.1, -0.05) is 24.6 Å². The van der Waals surface area contributed by atoms with Crippen LogP contribution < -0.4 is 4.74 Å². The highest BCUT2D eigenvalue weighted by molar-refractivity contribution is 7.99. The van der Waals surface area contributed by atoms with Crippen molar-refractivity contribution < 1.29 is 9.84 Å². The Hall–Kier alpha value is -0.380. The van der Waals surface area contributed by atoms with Crippen molar-refractivity contribution in [2.45, 2.75) is 18.6 Å². The van der Waals surface area contributed by atoms with Gasteiger partial charge in [0.2, 0.25) is 0 Å². The fraction of sp³-hybridized carbons (Fsp3) is 0.500. The van der Waals surface area contributed by atoms with E-state index in [1.165, 1.54) is 0 Å². The van der Waals surface area contributed by atoms with Crippen LogP contribution in [0, 0.1) is 0 Å². The molecular weight excluding hydrogens is 244 g/mol. The zero-order valence-electron chi connectivity index (χ0n) is 9.36. The molecular formula is C12H17ClO2S. The number of aliphatic hydroxyl groups excluding tert-OH is 1. The van der Waals surface area contributed by atoms with Gasteiger partial charge < -0.3 is 9.84 Å². The van der Waals surface area contributed by atoms with E-state index in [1.807, 2.05) is 24.3 Å². The average molecular weight is 261 g/mol. The number of ether oxygens (including phenoxy) is 1. The van der Waals surface area contributed by atoms with Gasteiger partial charge in [0, 0.05) is 22.6 Å². The quantitative estimate of drug-likeness (QED) is 0.764. The Balaban J connectivity index is 2.16. The van der Waals surface area contributed by atoms with Crippen molar-refractivity contribution in [1.29, 1.82) is 0 Å². The molecule has 0 aliphatic carbocycles. The first-order valence-corrected chi connectivity index (χ1v) is 6.76. The maximum atomic E-state index is 8.74. The Bertz CT molecular complexity index is 307. The predicted molar refractivity (Wildman–Crippen MR) is 70.6 cm³/mol. The minimum absolute atomic E-state index is 0.253. The lowest BCUT2D eigenvalue weighted by molar-refractivity contribution is 0.288. The molecule has 0 saturated carbocycles. The van der Waals surface area contributed by atoms with Gasteiger partial charge >= 0.3 is 0 Å². The number of hydrogen-bond donors (Lipinski definition) is 1. The molecule has 0 radical (unpaired) electrons. The topological polar surface area (TPSA) is 29.5 Å². The lowest BCUT2D eigenvalue weighted by Crippen LogP contribution is -2.06. The average Bonchev–Trinajstić information content (AvgIpc) is 2.25. The fourth-order valence-electron chi connectivity index (χ4n) is 1.23. The first kappa shape index (κ1) is 13.7. The molecule has 0 bridgehead atoms. The number of rotatable bonds is 7. The highest BCUT2D eigenvalue weighted by Gasteiger charge is 2.01. The molecule has 1 aromatic rings. The Morgan fingerprint density at radius 3 is 3.00 bits per heavy atom. The van der Waals surface area contributed by atoms with E-state index in [4.69, 9.17) is 21.4 Å². The first-order chi connectivity index (χ1) is 7.72. The molecule has 1 rings (SSSR count). The van der Waals surface area contributed by atoms with E-state index in [0.29, 0.717) is 16.9 Å². The van der Waals surface area contributed by atoms with Crippen molar-refractivity contribution in [3.8, 4) is 5.75 Å². The Morgan fingerprint density at radius 2 is 2.31 bits per heavy atom. The second-order valence-electron chi connectivity index (χ2n) is 3.50. The molecule has 1 N–H and O–H groups in total. The smallest absolute Gasteiger partial charge is 0.120 e. The molecule has 1 aromatic carbocycles. The number of halogens is 1. The van der Waals surface area contributed by atoms with E-state index in [9.17, 15) is 0 Å². The molecule has 16 heavy (non-hydrogen) atoms. The molecule has 0 aliphatic rings. The first-order valence-electron chi connectivity index (χ1n) is 5.33. The van der Waals surface area contributed by atoms with Crippen LogP contribution in [0.5, 0.6) is 5.75 Å². The van der Waals surface area contributed by atoms with Gasteiger partial charge in [-0.05, 0) is 24.6 Å². The summed E-state index contributed by atoms with van der Waals surface area (Å²) >= 11 is 7.64. The SMILES string of the molecule is CC(CCO)SCCOc1cccc(Cl)c1. The summed E-state index contributed by atoms with van der Waals surface area (Å²) in [5.41, 5.74) is 0. The van der Waals surface area contributed by atoms with Crippen LogP contribution in [0.1, 0.15) is 13.3 Å². The van der Waals surface area contributed by atoms with Crippen LogP contribution in [0.15, 0.2) is 24.3 Å². The zero-order valence-corrected chi connectivity index (χ0v) is 10.9. The van der Waals surface area contributed by atoms with Crippen LogP contribution in [-0.2, 0) is 0 Å². The molecule has 0 fully saturated rings. The minimum atomic E-state index is 0.253. The molecule has 1 unspecified atom stereocenters. The second-order valence-corrected chi connectivity index (χ2v) is 5.48. The molecule has 0 heterocycles. The predicted octanol–water partition coefficient (Wildman–Crippen LogP) is 3.22. The molecule has 0 aliphatic heterocycles. The van der Waals surface area contributed by atoms with Crippen molar-refractivity contribution in [2.75, 3.05) is 19.0 Å². The third-order valence-electron chi connectivity index (χ3n) is 2.09. The van der Waals surface area contributed by atoms with Crippen LogP contribution in [0.3, 0.4) is 0 Å². The van der Waals surface area contributed by atoms with Gasteiger partial charge in [0.1, 0.15) is 5.75 Å². The standard InChI is InChI=1S/C12H17ClO2S/c1-10(5-6-14)16-8-7-15-12-4-2-3-11(13)9-12/h2-4,9-10,14H,5-8H2,1H3. The van der Waals surface area contributed by atoms with Gasteiger partial charge in [0.05, 0.1) is 6.61 Å². The summed E-state index contributed by atoms with van der Waals surface area (Å²) < 4.78 is 5.55. The number of benzene rings is 1. The molecule has 0 spiro atoms. The third-order valence-corrected chi connectivity index (χ3v) is 3.53. The summed E-state index contributed by atoms with van der Waals surface area (Å²) in [6, 6.07) is 7.41. The third kappa shape index (κ3) is 5.64. The maximum absolute atomic E-state index is 8.74. The lowest BCUT2D eigenvalue weighted by Gasteiger charge is -2.10. The van der Waals surface area contributed by atoms with Crippen LogP contribution in [0.4, 0.5) is 0 Å². The molecule has 4 heteroatoms. The Morgan fingerprint density at radius 1 is 1.50 bits per heavy atom. The molecule has 2 nitrogen and oxygen atoms in total. The molecule has 1 atom stereocenters. The Labute approximate surface area is 106 Å². The summed E-state index contributed by atoms with van der Waals surface area (Å²) in [5, 5.41) is 9.92. The summed E-state index contributed by atoms with van der Waals surface area (Å²) in [5.74, 6) is 1.73. The van der Waals surface area contributed by atoms with Crippen molar-refractivity contribution in [3.05, 3.63) is 29.3 Å². The van der Waals surface area contributed by atoms with Crippen LogP contribution in [0.2, 0.25) is 5.02 Å². The number of aliphatic hydroxyl groups is 1. The van der Waals surface area contributed by atoms with E-state index in [2.05, 4.69) is 6.92 Å². The van der Waals surface area contributed by atoms with Gasteiger partial charge in [0.25, 0.3) is 0 Å². The van der Waals surface area contributed by atoms with E-state index in [0.717, 1.165) is 17.9 Å². The minimum Gasteiger partial charge on any atom is -0.493 e. The van der Waals surface area contributed by atoms with Gasteiger partial charge in [-0.2, -0.15) is 11.8 Å². The van der Waals surface area contributed by atoms with Gasteiger partial charge in [-0.15, -0.1) is 0 Å². The highest BCUT2D eigenvalue weighted by Crippen LogP contribution is 2.18. The van der Waals surface area contributed by atoms with Crippen LogP contribution in [-0.4, -0.2) is 29.3 Å². The molecule has 0 amide bonds. The normalized spacial score (nSPS) is 12.4.